The monoisotopic (exact) mass is 396 g/mol. The number of nitrogens with zero attached hydrogens (tertiary/aromatic N) is 2. The summed E-state index contributed by atoms with van der Waals surface area (Å²) in [6.45, 7) is 4.27. The van der Waals surface area contributed by atoms with Crippen molar-refractivity contribution in [2.75, 3.05) is 33.0 Å². The van der Waals surface area contributed by atoms with Crippen molar-refractivity contribution < 1.29 is 18.7 Å². The van der Waals surface area contributed by atoms with Gasteiger partial charge in [-0.2, -0.15) is 0 Å². The molecule has 0 bridgehead atoms. The lowest BCUT2D eigenvalue weighted by Crippen LogP contribution is -2.56. The standard InChI is InChI=1S/C23H25FN2O3/c24-19-5-3-18(4-6-19)23(8-1-9-23)22(27)26-12-10-25(11-13-26)15-17-2-7-20-21(14-17)29-16-28-20/h2-7,14H,1,8-13,15-16H2. The van der Waals surface area contributed by atoms with Gasteiger partial charge in [-0.3, -0.25) is 9.69 Å². The van der Waals surface area contributed by atoms with E-state index in [1.807, 2.05) is 17.0 Å². The number of hydrogen-bond donors (Lipinski definition) is 0. The summed E-state index contributed by atoms with van der Waals surface area (Å²) in [5.41, 5.74) is 1.70. The van der Waals surface area contributed by atoms with Gasteiger partial charge >= 0.3 is 0 Å². The van der Waals surface area contributed by atoms with E-state index in [-0.39, 0.29) is 18.5 Å². The molecule has 1 amide bonds. The van der Waals surface area contributed by atoms with E-state index in [2.05, 4.69) is 11.0 Å². The molecule has 0 radical (unpaired) electrons. The lowest BCUT2D eigenvalue weighted by Gasteiger charge is -2.46. The number of carbonyl (C=O) groups is 1. The van der Waals surface area contributed by atoms with E-state index < -0.39 is 5.41 Å². The van der Waals surface area contributed by atoms with Crippen molar-refractivity contribution in [2.24, 2.45) is 0 Å². The molecule has 0 unspecified atom stereocenters. The van der Waals surface area contributed by atoms with Gasteiger partial charge in [-0.15, -0.1) is 0 Å². The van der Waals surface area contributed by atoms with Crippen LogP contribution in [0.4, 0.5) is 4.39 Å². The van der Waals surface area contributed by atoms with Crippen molar-refractivity contribution in [3.63, 3.8) is 0 Å². The van der Waals surface area contributed by atoms with Crippen molar-refractivity contribution in [1.29, 1.82) is 0 Å². The number of halogens is 1. The lowest BCUT2D eigenvalue weighted by molar-refractivity contribution is -0.142. The van der Waals surface area contributed by atoms with Gasteiger partial charge in [0.25, 0.3) is 0 Å². The van der Waals surface area contributed by atoms with E-state index >= 15 is 0 Å². The first-order valence-electron chi connectivity index (χ1n) is 10.3. The van der Waals surface area contributed by atoms with Crippen LogP contribution < -0.4 is 9.47 Å². The Hall–Kier alpha value is -2.60. The Labute approximate surface area is 170 Å². The molecule has 2 heterocycles. The second-order valence-corrected chi connectivity index (χ2v) is 8.20. The number of hydrogen-bond acceptors (Lipinski definition) is 4. The smallest absolute Gasteiger partial charge is 0.233 e. The summed E-state index contributed by atoms with van der Waals surface area (Å²) >= 11 is 0. The fraction of sp³-hybridized carbons (Fsp3) is 0.435. The molecule has 152 valence electrons. The van der Waals surface area contributed by atoms with E-state index in [1.165, 1.54) is 17.7 Å². The number of carbonyl (C=O) groups excluding carboxylic acids is 1. The molecule has 2 aromatic carbocycles. The molecule has 5 rings (SSSR count). The molecule has 2 fully saturated rings. The highest BCUT2D eigenvalue weighted by atomic mass is 19.1. The molecule has 0 aromatic heterocycles. The molecule has 1 saturated carbocycles. The quantitative estimate of drug-likeness (QED) is 0.795. The maximum Gasteiger partial charge on any atom is 0.233 e. The third-order valence-corrected chi connectivity index (χ3v) is 6.52. The molecule has 3 aliphatic rings. The fourth-order valence-electron chi connectivity index (χ4n) is 4.63. The molecular formula is C23H25FN2O3. The van der Waals surface area contributed by atoms with Crippen LogP contribution in [0.1, 0.15) is 30.4 Å². The number of rotatable bonds is 4. The van der Waals surface area contributed by atoms with Crippen LogP contribution >= 0.6 is 0 Å². The minimum Gasteiger partial charge on any atom is -0.454 e. The molecule has 2 aromatic rings. The Morgan fingerprint density at radius 2 is 1.69 bits per heavy atom. The van der Waals surface area contributed by atoms with Crippen LogP contribution in [0.2, 0.25) is 0 Å². The van der Waals surface area contributed by atoms with Gasteiger partial charge in [0.15, 0.2) is 11.5 Å². The van der Waals surface area contributed by atoms with Crippen LogP contribution in [0.25, 0.3) is 0 Å². The Bertz CT molecular complexity index is 903. The van der Waals surface area contributed by atoms with Crippen molar-refractivity contribution >= 4 is 5.91 Å². The maximum absolute atomic E-state index is 13.4. The van der Waals surface area contributed by atoms with Gasteiger partial charge in [-0.05, 0) is 48.2 Å². The summed E-state index contributed by atoms with van der Waals surface area (Å²) in [5, 5.41) is 0. The van der Waals surface area contributed by atoms with Gasteiger partial charge < -0.3 is 14.4 Å². The highest BCUT2D eigenvalue weighted by Crippen LogP contribution is 2.45. The van der Waals surface area contributed by atoms with Crippen LogP contribution in [0.5, 0.6) is 11.5 Å². The zero-order valence-electron chi connectivity index (χ0n) is 16.4. The van der Waals surface area contributed by atoms with Crippen molar-refractivity contribution in [1.82, 2.24) is 9.80 Å². The normalized spacial score (nSPS) is 20.4. The molecule has 29 heavy (non-hydrogen) atoms. The summed E-state index contributed by atoms with van der Waals surface area (Å²) in [4.78, 5) is 17.7. The summed E-state index contributed by atoms with van der Waals surface area (Å²) in [7, 11) is 0. The molecule has 0 atom stereocenters. The zero-order valence-corrected chi connectivity index (χ0v) is 16.4. The Morgan fingerprint density at radius 3 is 2.38 bits per heavy atom. The van der Waals surface area contributed by atoms with E-state index in [9.17, 15) is 9.18 Å². The van der Waals surface area contributed by atoms with E-state index in [1.54, 1.807) is 12.1 Å². The second kappa shape index (κ2) is 7.34. The second-order valence-electron chi connectivity index (χ2n) is 8.20. The van der Waals surface area contributed by atoms with Crippen LogP contribution in [-0.4, -0.2) is 48.7 Å². The Morgan fingerprint density at radius 1 is 0.966 bits per heavy atom. The van der Waals surface area contributed by atoms with Crippen molar-refractivity contribution in [3.8, 4) is 11.5 Å². The maximum atomic E-state index is 13.4. The van der Waals surface area contributed by atoms with Crippen molar-refractivity contribution in [2.45, 2.75) is 31.2 Å². The number of ether oxygens (including phenoxy) is 2. The fourth-order valence-corrected chi connectivity index (χ4v) is 4.63. The number of benzene rings is 2. The zero-order chi connectivity index (χ0) is 19.8. The lowest BCUT2D eigenvalue weighted by atomic mass is 9.63. The molecule has 1 aliphatic carbocycles. The van der Waals surface area contributed by atoms with E-state index in [0.717, 1.165) is 69.0 Å². The first kappa shape index (κ1) is 18.4. The average Bonchev–Trinajstić information content (AvgIpc) is 3.17. The first-order valence-corrected chi connectivity index (χ1v) is 10.3. The van der Waals surface area contributed by atoms with Gasteiger partial charge in [0.05, 0.1) is 5.41 Å². The largest absolute Gasteiger partial charge is 0.454 e. The van der Waals surface area contributed by atoms with Crippen LogP contribution in [0.15, 0.2) is 42.5 Å². The minimum absolute atomic E-state index is 0.207. The van der Waals surface area contributed by atoms with Gasteiger partial charge in [0, 0.05) is 32.7 Å². The number of piperazine rings is 1. The SMILES string of the molecule is O=C(N1CCN(Cc2ccc3c(c2)OCO3)CC1)C1(c2ccc(F)cc2)CCC1. The van der Waals surface area contributed by atoms with Gasteiger partial charge in [0.1, 0.15) is 5.82 Å². The van der Waals surface area contributed by atoms with Gasteiger partial charge in [0.2, 0.25) is 12.7 Å². The molecule has 2 aliphatic heterocycles. The molecule has 6 heteroatoms. The summed E-state index contributed by atoms with van der Waals surface area (Å²) < 4.78 is 24.2. The number of amides is 1. The van der Waals surface area contributed by atoms with Crippen LogP contribution in [0, 0.1) is 5.82 Å². The predicted molar refractivity (Wildman–Crippen MR) is 106 cm³/mol. The molecule has 5 nitrogen and oxygen atoms in total. The van der Waals surface area contributed by atoms with Crippen molar-refractivity contribution in [3.05, 3.63) is 59.4 Å². The highest BCUT2D eigenvalue weighted by molar-refractivity contribution is 5.89. The summed E-state index contributed by atoms with van der Waals surface area (Å²) in [5.74, 6) is 1.56. The van der Waals surface area contributed by atoms with Crippen LogP contribution in [-0.2, 0) is 16.8 Å². The van der Waals surface area contributed by atoms with Crippen LogP contribution in [0.3, 0.4) is 0 Å². The number of fused-ring (bicyclic) bond motifs is 1. The topological polar surface area (TPSA) is 42.0 Å². The third kappa shape index (κ3) is 3.35. The van der Waals surface area contributed by atoms with E-state index in [4.69, 9.17) is 9.47 Å². The predicted octanol–water partition coefficient (Wildman–Crippen LogP) is 3.32. The Balaban J connectivity index is 1.22. The van der Waals surface area contributed by atoms with Gasteiger partial charge in [-0.1, -0.05) is 24.6 Å². The highest BCUT2D eigenvalue weighted by Gasteiger charge is 2.47. The third-order valence-electron chi connectivity index (χ3n) is 6.52. The summed E-state index contributed by atoms with van der Waals surface area (Å²) in [6.07, 6.45) is 2.76. The first-order chi connectivity index (χ1) is 14.1. The Kier molecular flexibility index (Phi) is 4.66. The molecular weight excluding hydrogens is 371 g/mol. The molecule has 0 N–H and O–H groups in total. The van der Waals surface area contributed by atoms with Gasteiger partial charge in [-0.25, -0.2) is 4.39 Å². The molecule has 0 spiro atoms. The summed E-state index contributed by atoms with van der Waals surface area (Å²) in [6, 6.07) is 12.6. The molecule has 1 saturated heterocycles. The minimum atomic E-state index is -0.451. The van der Waals surface area contributed by atoms with E-state index in [0.29, 0.717) is 0 Å². The average molecular weight is 396 g/mol.